The summed E-state index contributed by atoms with van der Waals surface area (Å²) in [7, 11) is 4.19. The molecule has 1 aromatic carbocycles. The Morgan fingerprint density at radius 1 is 1.12 bits per heavy atom. The Hall–Kier alpha value is -2.01. The molecule has 0 amide bonds. The lowest BCUT2D eigenvalue weighted by atomic mass is 9.58. The summed E-state index contributed by atoms with van der Waals surface area (Å²) < 4.78 is 7.36. The van der Waals surface area contributed by atoms with Crippen LogP contribution in [0.1, 0.15) is 63.4 Å². The minimum Gasteiger partial charge on any atom is -0.391 e. The van der Waals surface area contributed by atoms with Crippen LogP contribution in [0.3, 0.4) is 0 Å². The van der Waals surface area contributed by atoms with Gasteiger partial charge in [0, 0.05) is 23.8 Å². The lowest BCUT2D eigenvalue weighted by molar-refractivity contribution is -0.148. The van der Waals surface area contributed by atoms with E-state index >= 15 is 0 Å². The molecule has 4 heteroatoms. The van der Waals surface area contributed by atoms with Gasteiger partial charge >= 0.3 is 0 Å². The van der Waals surface area contributed by atoms with Gasteiger partial charge in [-0.2, -0.15) is 0 Å². The van der Waals surface area contributed by atoms with Crippen LogP contribution in [-0.4, -0.2) is 52.4 Å². The molecule has 34 heavy (non-hydrogen) atoms. The number of pyridine rings is 1. The first-order valence-corrected chi connectivity index (χ1v) is 13.1. The summed E-state index contributed by atoms with van der Waals surface area (Å²) in [4.78, 5) is 6.56. The van der Waals surface area contributed by atoms with E-state index in [1.54, 1.807) is 0 Å². The van der Waals surface area contributed by atoms with Gasteiger partial charge < -0.3 is 14.7 Å². The maximum absolute atomic E-state index is 10.9. The topological polar surface area (TPSA) is 45.6 Å². The van der Waals surface area contributed by atoms with Crippen LogP contribution in [0.4, 0.5) is 0 Å². The van der Waals surface area contributed by atoms with Crippen molar-refractivity contribution in [1.29, 1.82) is 0 Å². The second kappa shape index (κ2) is 7.02. The van der Waals surface area contributed by atoms with Crippen LogP contribution >= 0.6 is 0 Å². The molecule has 1 N–H and O–H groups in total. The third-order valence-electron chi connectivity index (χ3n) is 10.5. The maximum Gasteiger partial charge on any atom is 0.0974 e. The summed E-state index contributed by atoms with van der Waals surface area (Å²) >= 11 is 0. The third kappa shape index (κ3) is 2.68. The van der Waals surface area contributed by atoms with Crippen molar-refractivity contribution >= 4 is 10.8 Å². The van der Waals surface area contributed by atoms with Crippen molar-refractivity contribution in [2.24, 2.45) is 11.3 Å². The molecule has 7 rings (SSSR count). The number of aliphatic hydroxyl groups excluding tert-OH is 1. The van der Waals surface area contributed by atoms with Gasteiger partial charge in [-0.25, -0.2) is 0 Å². The number of fused-ring (bicyclic) bond motifs is 2. The lowest BCUT2D eigenvalue weighted by Gasteiger charge is -2.55. The van der Waals surface area contributed by atoms with Crippen molar-refractivity contribution in [3.63, 3.8) is 0 Å². The highest BCUT2D eigenvalue weighted by atomic mass is 16.5. The van der Waals surface area contributed by atoms with Gasteiger partial charge in [-0.05, 0) is 111 Å². The summed E-state index contributed by atoms with van der Waals surface area (Å²) in [5, 5.41) is 13.4. The Labute approximate surface area is 202 Å². The van der Waals surface area contributed by atoms with E-state index in [4.69, 9.17) is 4.74 Å². The maximum atomic E-state index is 10.9. The zero-order valence-corrected chi connectivity index (χ0v) is 20.6. The predicted molar refractivity (Wildman–Crippen MR) is 135 cm³/mol. The van der Waals surface area contributed by atoms with E-state index in [0.29, 0.717) is 11.8 Å². The highest BCUT2D eigenvalue weighted by Gasteiger charge is 2.67. The van der Waals surface area contributed by atoms with E-state index in [1.165, 1.54) is 40.3 Å². The van der Waals surface area contributed by atoms with Crippen LogP contribution in [0.5, 0.6) is 0 Å². The van der Waals surface area contributed by atoms with Crippen molar-refractivity contribution in [3.8, 4) is 0 Å². The van der Waals surface area contributed by atoms with Gasteiger partial charge in [0.2, 0.25) is 0 Å². The summed E-state index contributed by atoms with van der Waals surface area (Å²) in [6.07, 6.45) is 15.9. The minimum atomic E-state index is -0.309. The van der Waals surface area contributed by atoms with E-state index in [-0.39, 0.29) is 28.8 Å². The van der Waals surface area contributed by atoms with E-state index < -0.39 is 0 Å². The van der Waals surface area contributed by atoms with Crippen molar-refractivity contribution in [2.45, 2.75) is 81.1 Å². The average Bonchev–Trinajstić information content (AvgIpc) is 3.34. The van der Waals surface area contributed by atoms with Crippen LogP contribution in [0.2, 0.25) is 0 Å². The van der Waals surface area contributed by atoms with Crippen molar-refractivity contribution in [1.82, 2.24) is 9.88 Å². The molecule has 4 nitrogen and oxygen atoms in total. The van der Waals surface area contributed by atoms with Crippen LogP contribution in [0, 0.1) is 11.3 Å². The Balaban J connectivity index is 1.28. The Morgan fingerprint density at radius 3 is 2.85 bits per heavy atom. The molecule has 5 aliphatic rings. The second-order valence-corrected chi connectivity index (χ2v) is 12.2. The zero-order valence-electron chi connectivity index (χ0n) is 20.6. The standard InChI is InChI=1S/C30H36N2O2/c1-28-10-8-22-15-23-16-26(33)25(32(2)3)17-29(23)11-12-30(22,34-29)27(28)7-6-24(28)20-5-4-19-9-13-31-18-21(19)14-20/h4-5,8-9,13-15,18,24-27,33H,6-7,10-12,16-17H2,1-3H3. The molecule has 3 fully saturated rings. The quantitative estimate of drug-likeness (QED) is 0.659. The van der Waals surface area contributed by atoms with Crippen molar-refractivity contribution in [3.05, 3.63) is 65.5 Å². The number of allylic oxidation sites excluding steroid dienone is 1. The van der Waals surface area contributed by atoms with Gasteiger partial charge in [0.05, 0.1) is 17.3 Å². The van der Waals surface area contributed by atoms with Crippen LogP contribution in [0.25, 0.3) is 10.8 Å². The molecule has 2 saturated carbocycles. The molecule has 1 aromatic heterocycles. The Morgan fingerprint density at radius 2 is 2.00 bits per heavy atom. The molecule has 3 aliphatic carbocycles. The summed E-state index contributed by atoms with van der Waals surface area (Å²) in [6, 6.07) is 9.29. The fourth-order valence-corrected chi connectivity index (χ4v) is 8.75. The van der Waals surface area contributed by atoms with Crippen molar-refractivity contribution in [2.75, 3.05) is 14.1 Å². The van der Waals surface area contributed by atoms with Crippen molar-refractivity contribution < 1.29 is 9.84 Å². The molecule has 3 heterocycles. The zero-order chi connectivity index (χ0) is 23.3. The van der Waals surface area contributed by atoms with E-state index in [2.05, 4.69) is 67.3 Å². The number of hydrogen-bond acceptors (Lipinski definition) is 4. The van der Waals surface area contributed by atoms with E-state index in [0.717, 1.165) is 32.1 Å². The van der Waals surface area contributed by atoms with Crippen LogP contribution < -0.4 is 0 Å². The Bertz CT molecular complexity index is 1230. The summed E-state index contributed by atoms with van der Waals surface area (Å²) in [6.45, 7) is 2.53. The lowest BCUT2D eigenvalue weighted by Crippen LogP contribution is -2.57. The monoisotopic (exact) mass is 456 g/mol. The molecule has 178 valence electrons. The van der Waals surface area contributed by atoms with E-state index in [1.807, 2.05) is 12.4 Å². The second-order valence-electron chi connectivity index (χ2n) is 12.2. The first-order chi connectivity index (χ1) is 16.3. The fraction of sp³-hybridized carbons (Fsp3) is 0.567. The molecule has 0 radical (unpaired) electrons. The fourth-order valence-electron chi connectivity index (χ4n) is 8.75. The normalized spacial score (nSPS) is 42.7. The van der Waals surface area contributed by atoms with Gasteiger partial charge in [0.25, 0.3) is 0 Å². The SMILES string of the molecule is CN(C)C1CC23CCC4(O2)C(=CCC2(C)C(c5ccc6ccncc6c5)CCC42)C=C3CC1O. The van der Waals surface area contributed by atoms with Gasteiger partial charge in [-0.3, -0.25) is 4.98 Å². The number of benzene rings is 1. The molecule has 7 unspecified atom stereocenters. The highest BCUT2D eigenvalue weighted by Crippen LogP contribution is 2.69. The highest BCUT2D eigenvalue weighted by molar-refractivity contribution is 5.82. The third-order valence-corrected chi connectivity index (χ3v) is 10.5. The minimum absolute atomic E-state index is 0.150. The van der Waals surface area contributed by atoms with Gasteiger partial charge in [-0.15, -0.1) is 0 Å². The molecule has 2 spiro atoms. The largest absolute Gasteiger partial charge is 0.391 e. The summed E-state index contributed by atoms with van der Waals surface area (Å²) in [5.74, 6) is 1.08. The van der Waals surface area contributed by atoms with Crippen LogP contribution in [0.15, 0.2) is 60.0 Å². The number of nitrogens with zero attached hydrogens (tertiary/aromatic N) is 2. The molecular weight excluding hydrogens is 420 g/mol. The average molecular weight is 457 g/mol. The van der Waals surface area contributed by atoms with Crippen LogP contribution in [-0.2, 0) is 4.74 Å². The smallest absolute Gasteiger partial charge is 0.0974 e. The first-order valence-electron chi connectivity index (χ1n) is 13.1. The number of aromatic nitrogens is 1. The molecule has 2 bridgehead atoms. The molecular formula is C30H36N2O2. The van der Waals surface area contributed by atoms with E-state index in [9.17, 15) is 5.11 Å². The molecule has 1 saturated heterocycles. The number of likely N-dealkylation sites (N-methyl/N-ethyl adjacent to an activating group) is 1. The molecule has 2 aromatic rings. The number of ether oxygens (including phenoxy) is 1. The number of aliphatic hydroxyl groups is 1. The molecule has 2 aliphatic heterocycles. The van der Waals surface area contributed by atoms with Gasteiger partial charge in [0.15, 0.2) is 0 Å². The van der Waals surface area contributed by atoms with Gasteiger partial charge in [-0.1, -0.05) is 31.2 Å². The Kier molecular flexibility index (Phi) is 4.40. The first kappa shape index (κ1) is 21.3. The molecule has 7 atom stereocenters. The number of hydrogen-bond donors (Lipinski definition) is 1. The summed E-state index contributed by atoms with van der Waals surface area (Å²) in [5.41, 5.74) is 4.09. The van der Waals surface area contributed by atoms with Gasteiger partial charge in [0.1, 0.15) is 0 Å². The number of rotatable bonds is 2. The predicted octanol–water partition coefficient (Wildman–Crippen LogP) is 5.38.